The van der Waals surface area contributed by atoms with E-state index in [-0.39, 0.29) is 17.5 Å². The van der Waals surface area contributed by atoms with Crippen LogP contribution in [0.25, 0.3) is 0 Å². The number of hydrogen-bond acceptors (Lipinski definition) is 3. The number of benzene rings is 1. The summed E-state index contributed by atoms with van der Waals surface area (Å²) in [6.07, 6.45) is -2.64. The standard InChI is InChI=1S/C10H8ClF2NO2S/c1-2-8-6(5-14)3-7(17(11,15)16)4-9(8)10(12)13/h3-4,10H,2H2,1H3. The summed E-state index contributed by atoms with van der Waals surface area (Å²) in [4.78, 5) is -0.483. The summed E-state index contributed by atoms with van der Waals surface area (Å²) in [6.45, 7) is 1.61. The lowest BCUT2D eigenvalue weighted by Gasteiger charge is -2.10. The van der Waals surface area contributed by atoms with Gasteiger partial charge in [-0.05, 0) is 24.1 Å². The van der Waals surface area contributed by atoms with E-state index in [1.54, 1.807) is 13.0 Å². The highest BCUT2D eigenvalue weighted by Crippen LogP contribution is 2.30. The second kappa shape index (κ2) is 4.98. The van der Waals surface area contributed by atoms with Crippen molar-refractivity contribution in [2.45, 2.75) is 24.7 Å². The van der Waals surface area contributed by atoms with Crippen molar-refractivity contribution in [2.24, 2.45) is 0 Å². The zero-order chi connectivity index (χ0) is 13.2. The van der Waals surface area contributed by atoms with Crippen LogP contribution in [0, 0.1) is 11.3 Å². The van der Waals surface area contributed by atoms with Crippen LogP contribution in [0.5, 0.6) is 0 Å². The van der Waals surface area contributed by atoms with Gasteiger partial charge in [-0.1, -0.05) is 6.92 Å². The number of nitrogens with zero attached hydrogens (tertiary/aromatic N) is 1. The van der Waals surface area contributed by atoms with Gasteiger partial charge in [0.15, 0.2) is 0 Å². The molecule has 0 aliphatic heterocycles. The molecule has 0 amide bonds. The smallest absolute Gasteiger partial charge is 0.207 e. The van der Waals surface area contributed by atoms with Gasteiger partial charge in [0.05, 0.1) is 16.5 Å². The highest BCUT2D eigenvalue weighted by atomic mass is 35.7. The molecule has 3 nitrogen and oxygen atoms in total. The average molecular weight is 280 g/mol. The molecule has 1 rings (SSSR count). The maximum Gasteiger partial charge on any atom is 0.264 e. The summed E-state index contributed by atoms with van der Waals surface area (Å²) in [5, 5.41) is 8.81. The van der Waals surface area contributed by atoms with Gasteiger partial charge in [0, 0.05) is 16.2 Å². The number of rotatable bonds is 3. The fourth-order valence-electron chi connectivity index (χ4n) is 1.50. The predicted molar refractivity (Wildman–Crippen MR) is 58.5 cm³/mol. The van der Waals surface area contributed by atoms with Crippen LogP contribution in [-0.4, -0.2) is 8.42 Å². The van der Waals surface area contributed by atoms with Crippen LogP contribution in [0.2, 0.25) is 0 Å². The van der Waals surface area contributed by atoms with Crippen molar-refractivity contribution in [2.75, 3.05) is 0 Å². The molecule has 0 atom stereocenters. The van der Waals surface area contributed by atoms with E-state index in [4.69, 9.17) is 15.9 Å². The SMILES string of the molecule is CCc1c(C#N)cc(S(=O)(=O)Cl)cc1C(F)F. The average Bonchev–Trinajstić information content (AvgIpc) is 2.25. The predicted octanol–water partition coefficient (Wildman–Crippen LogP) is 2.99. The third kappa shape index (κ3) is 2.93. The molecule has 7 heteroatoms. The Kier molecular flexibility index (Phi) is 4.07. The summed E-state index contributed by atoms with van der Waals surface area (Å²) >= 11 is 0. The fraction of sp³-hybridized carbons (Fsp3) is 0.300. The van der Waals surface area contributed by atoms with E-state index in [0.29, 0.717) is 0 Å². The van der Waals surface area contributed by atoms with E-state index in [9.17, 15) is 17.2 Å². The van der Waals surface area contributed by atoms with Gasteiger partial charge in [0.1, 0.15) is 0 Å². The van der Waals surface area contributed by atoms with Gasteiger partial charge in [0.25, 0.3) is 15.5 Å². The molecular weight excluding hydrogens is 272 g/mol. The number of alkyl halides is 2. The van der Waals surface area contributed by atoms with Crippen LogP contribution in [0.3, 0.4) is 0 Å². The van der Waals surface area contributed by atoms with Crippen molar-refractivity contribution in [3.8, 4) is 6.07 Å². The largest absolute Gasteiger partial charge is 0.264 e. The number of hydrogen-bond donors (Lipinski definition) is 0. The molecule has 0 radical (unpaired) electrons. The van der Waals surface area contributed by atoms with Crippen LogP contribution < -0.4 is 0 Å². The lowest BCUT2D eigenvalue weighted by atomic mass is 10.00. The highest BCUT2D eigenvalue weighted by molar-refractivity contribution is 8.13. The van der Waals surface area contributed by atoms with Crippen molar-refractivity contribution >= 4 is 19.7 Å². The van der Waals surface area contributed by atoms with Crippen molar-refractivity contribution < 1.29 is 17.2 Å². The molecular formula is C10H8ClF2NO2S. The summed E-state index contributed by atoms with van der Waals surface area (Å²) < 4.78 is 47.7. The van der Waals surface area contributed by atoms with Gasteiger partial charge in [-0.25, -0.2) is 17.2 Å². The van der Waals surface area contributed by atoms with E-state index in [1.807, 2.05) is 0 Å². The van der Waals surface area contributed by atoms with E-state index < -0.39 is 25.9 Å². The van der Waals surface area contributed by atoms with Gasteiger partial charge in [0.2, 0.25) is 0 Å². The Hall–Kier alpha value is -1.19. The molecule has 1 aromatic carbocycles. The fourth-order valence-corrected chi connectivity index (χ4v) is 2.29. The molecule has 92 valence electrons. The molecule has 0 aromatic heterocycles. The lowest BCUT2D eigenvalue weighted by molar-refractivity contribution is 0.150. The molecule has 0 spiro atoms. The molecule has 17 heavy (non-hydrogen) atoms. The third-order valence-corrected chi connectivity index (χ3v) is 3.58. The van der Waals surface area contributed by atoms with E-state index in [0.717, 1.165) is 12.1 Å². The Labute approximate surface area is 102 Å². The molecule has 0 aliphatic carbocycles. The molecule has 1 aromatic rings. The topological polar surface area (TPSA) is 57.9 Å². The molecule has 0 heterocycles. The van der Waals surface area contributed by atoms with Crippen LogP contribution in [0.15, 0.2) is 17.0 Å². The maximum absolute atomic E-state index is 12.8. The molecule has 0 saturated carbocycles. The molecule has 0 fully saturated rings. The van der Waals surface area contributed by atoms with Gasteiger partial charge in [-0.3, -0.25) is 0 Å². The zero-order valence-corrected chi connectivity index (χ0v) is 10.3. The first kappa shape index (κ1) is 13.9. The highest BCUT2D eigenvalue weighted by Gasteiger charge is 2.21. The Morgan fingerprint density at radius 1 is 1.47 bits per heavy atom. The van der Waals surface area contributed by atoms with Crippen LogP contribution in [-0.2, 0) is 15.5 Å². The number of halogens is 3. The first-order chi connectivity index (χ1) is 7.81. The molecule has 0 bridgehead atoms. The molecule has 0 saturated heterocycles. The second-order valence-electron chi connectivity index (χ2n) is 3.24. The van der Waals surface area contributed by atoms with Gasteiger partial charge < -0.3 is 0 Å². The van der Waals surface area contributed by atoms with Crippen LogP contribution in [0.4, 0.5) is 8.78 Å². The summed E-state index contributed by atoms with van der Waals surface area (Å²) in [7, 11) is 0.949. The zero-order valence-electron chi connectivity index (χ0n) is 8.75. The van der Waals surface area contributed by atoms with E-state index >= 15 is 0 Å². The molecule has 0 unspecified atom stereocenters. The minimum atomic E-state index is -4.13. The van der Waals surface area contributed by atoms with E-state index in [2.05, 4.69) is 0 Å². The summed E-state index contributed by atoms with van der Waals surface area (Å²) in [5.41, 5.74) is -0.415. The summed E-state index contributed by atoms with van der Waals surface area (Å²) in [6, 6.07) is 3.52. The monoisotopic (exact) mass is 279 g/mol. The second-order valence-corrected chi connectivity index (χ2v) is 5.81. The van der Waals surface area contributed by atoms with Crippen molar-refractivity contribution in [1.82, 2.24) is 0 Å². The van der Waals surface area contributed by atoms with Crippen molar-refractivity contribution in [3.05, 3.63) is 28.8 Å². The van der Waals surface area contributed by atoms with Gasteiger partial charge in [-0.2, -0.15) is 5.26 Å². The quantitative estimate of drug-likeness (QED) is 0.799. The van der Waals surface area contributed by atoms with E-state index in [1.165, 1.54) is 0 Å². The van der Waals surface area contributed by atoms with Crippen molar-refractivity contribution in [1.29, 1.82) is 5.26 Å². The lowest BCUT2D eigenvalue weighted by Crippen LogP contribution is -2.02. The maximum atomic E-state index is 12.8. The van der Waals surface area contributed by atoms with Gasteiger partial charge >= 0.3 is 0 Å². The third-order valence-electron chi connectivity index (χ3n) is 2.25. The first-order valence-electron chi connectivity index (χ1n) is 4.61. The van der Waals surface area contributed by atoms with Gasteiger partial charge in [-0.15, -0.1) is 0 Å². The first-order valence-corrected chi connectivity index (χ1v) is 6.92. The van der Waals surface area contributed by atoms with Crippen LogP contribution in [0.1, 0.15) is 30.0 Å². The minimum Gasteiger partial charge on any atom is -0.207 e. The molecule has 0 aliphatic rings. The normalized spacial score (nSPS) is 11.5. The molecule has 0 N–H and O–H groups in total. The Morgan fingerprint density at radius 2 is 2.06 bits per heavy atom. The summed E-state index contributed by atoms with van der Waals surface area (Å²) in [5.74, 6) is 0. The minimum absolute atomic E-state index is 0.0930. The Bertz CT molecular complexity index is 579. The Balaban J connectivity index is 3.65. The Morgan fingerprint density at radius 3 is 2.41 bits per heavy atom. The van der Waals surface area contributed by atoms with Crippen LogP contribution >= 0.6 is 10.7 Å². The number of nitriles is 1. The van der Waals surface area contributed by atoms with Crippen molar-refractivity contribution in [3.63, 3.8) is 0 Å².